The Hall–Kier alpha value is -1.75. The molecule has 18 heavy (non-hydrogen) atoms. The zero-order chi connectivity index (χ0) is 13.3. The van der Waals surface area contributed by atoms with E-state index in [4.69, 9.17) is 5.11 Å². The van der Waals surface area contributed by atoms with Crippen LogP contribution in [-0.2, 0) is 7.05 Å². The van der Waals surface area contributed by atoms with Crippen molar-refractivity contribution < 1.29 is 9.90 Å². The Kier molecular flexibility index (Phi) is 3.43. The molecule has 0 saturated carbocycles. The average molecular weight is 262 g/mol. The molecule has 0 radical (unpaired) electrons. The molecule has 94 valence electrons. The summed E-state index contributed by atoms with van der Waals surface area (Å²) < 4.78 is 1.60. The van der Waals surface area contributed by atoms with Gasteiger partial charge in [-0.05, 0) is 36.9 Å². The molecule has 0 spiro atoms. The standard InChI is InChI=1S/C13H14N2O2S/c1-8-6-9(18-3)4-5-10(8)12-7-11(13(16)17)14-15(12)2/h4-7H,1-3H3,(H,16,17). The van der Waals surface area contributed by atoms with E-state index in [2.05, 4.69) is 11.2 Å². The maximum atomic E-state index is 10.9. The molecular weight excluding hydrogens is 248 g/mol. The smallest absolute Gasteiger partial charge is 0.356 e. The number of benzene rings is 1. The molecule has 2 rings (SSSR count). The van der Waals surface area contributed by atoms with Crippen LogP contribution in [0.3, 0.4) is 0 Å². The highest BCUT2D eigenvalue weighted by molar-refractivity contribution is 7.98. The minimum Gasteiger partial charge on any atom is -0.476 e. The van der Waals surface area contributed by atoms with Crippen LogP contribution in [0.4, 0.5) is 0 Å². The van der Waals surface area contributed by atoms with E-state index in [9.17, 15) is 4.79 Å². The van der Waals surface area contributed by atoms with Gasteiger partial charge in [-0.2, -0.15) is 5.10 Å². The highest BCUT2D eigenvalue weighted by Crippen LogP contribution is 2.27. The van der Waals surface area contributed by atoms with Crippen molar-refractivity contribution in [1.29, 1.82) is 0 Å². The van der Waals surface area contributed by atoms with Gasteiger partial charge in [-0.25, -0.2) is 4.79 Å². The molecule has 0 aliphatic carbocycles. The molecule has 5 heteroatoms. The van der Waals surface area contributed by atoms with Crippen molar-refractivity contribution >= 4 is 17.7 Å². The van der Waals surface area contributed by atoms with E-state index >= 15 is 0 Å². The number of aromatic carboxylic acids is 1. The number of hydrogen-bond donors (Lipinski definition) is 1. The fraction of sp³-hybridized carbons (Fsp3) is 0.231. The Bertz CT molecular complexity index is 605. The van der Waals surface area contributed by atoms with E-state index in [0.29, 0.717) is 0 Å². The van der Waals surface area contributed by atoms with Crippen molar-refractivity contribution in [2.24, 2.45) is 7.05 Å². The van der Waals surface area contributed by atoms with Crippen LogP contribution in [0.25, 0.3) is 11.3 Å². The van der Waals surface area contributed by atoms with Gasteiger partial charge in [0, 0.05) is 17.5 Å². The topological polar surface area (TPSA) is 55.1 Å². The molecule has 1 heterocycles. The van der Waals surface area contributed by atoms with Crippen molar-refractivity contribution in [3.05, 3.63) is 35.5 Å². The van der Waals surface area contributed by atoms with Crippen LogP contribution in [0, 0.1) is 6.92 Å². The minimum absolute atomic E-state index is 0.0702. The first-order chi connectivity index (χ1) is 8.52. The summed E-state index contributed by atoms with van der Waals surface area (Å²) >= 11 is 1.68. The summed E-state index contributed by atoms with van der Waals surface area (Å²) in [7, 11) is 1.75. The number of thioether (sulfide) groups is 1. The van der Waals surface area contributed by atoms with Gasteiger partial charge in [-0.15, -0.1) is 11.8 Å². The number of carboxylic acid groups (broad SMARTS) is 1. The maximum Gasteiger partial charge on any atom is 0.356 e. The van der Waals surface area contributed by atoms with E-state index < -0.39 is 5.97 Å². The lowest BCUT2D eigenvalue weighted by molar-refractivity contribution is 0.0689. The molecule has 0 unspecified atom stereocenters. The number of rotatable bonds is 3. The predicted molar refractivity (Wildman–Crippen MR) is 72.1 cm³/mol. The lowest BCUT2D eigenvalue weighted by Gasteiger charge is -2.07. The Labute approximate surface area is 110 Å². The molecule has 0 atom stereocenters. The van der Waals surface area contributed by atoms with Gasteiger partial charge in [-0.1, -0.05) is 6.07 Å². The summed E-state index contributed by atoms with van der Waals surface area (Å²) in [5.74, 6) is -1.00. The van der Waals surface area contributed by atoms with E-state index in [1.54, 1.807) is 29.6 Å². The summed E-state index contributed by atoms with van der Waals surface area (Å²) in [4.78, 5) is 12.1. The molecule has 0 bridgehead atoms. The van der Waals surface area contributed by atoms with Crippen LogP contribution in [-0.4, -0.2) is 27.1 Å². The van der Waals surface area contributed by atoms with Gasteiger partial charge in [0.1, 0.15) is 0 Å². The quantitative estimate of drug-likeness (QED) is 0.864. The zero-order valence-electron chi connectivity index (χ0n) is 10.5. The lowest BCUT2D eigenvalue weighted by Crippen LogP contribution is -1.99. The Morgan fingerprint density at radius 2 is 2.11 bits per heavy atom. The first kappa shape index (κ1) is 12.7. The maximum absolute atomic E-state index is 10.9. The van der Waals surface area contributed by atoms with Gasteiger partial charge in [0.25, 0.3) is 0 Å². The van der Waals surface area contributed by atoms with Gasteiger partial charge in [0.05, 0.1) is 5.69 Å². The van der Waals surface area contributed by atoms with Crippen LogP contribution in [0.2, 0.25) is 0 Å². The zero-order valence-corrected chi connectivity index (χ0v) is 11.3. The third kappa shape index (κ3) is 2.26. The Balaban J connectivity index is 2.51. The van der Waals surface area contributed by atoms with E-state index in [0.717, 1.165) is 16.8 Å². The molecule has 1 aromatic carbocycles. The predicted octanol–water partition coefficient (Wildman–Crippen LogP) is 2.82. The minimum atomic E-state index is -1.00. The Morgan fingerprint density at radius 3 is 2.61 bits per heavy atom. The van der Waals surface area contributed by atoms with E-state index in [1.165, 1.54) is 4.90 Å². The number of carbonyl (C=O) groups is 1. The number of carboxylic acids is 1. The van der Waals surface area contributed by atoms with Crippen LogP contribution in [0.1, 0.15) is 16.1 Å². The van der Waals surface area contributed by atoms with Gasteiger partial charge >= 0.3 is 5.97 Å². The fourth-order valence-corrected chi connectivity index (χ4v) is 2.37. The van der Waals surface area contributed by atoms with E-state index in [-0.39, 0.29) is 5.69 Å². The van der Waals surface area contributed by atoms with Gasteiger partial charge in [0.2, 0.25) is 0 Å². The molecule has 0 fully saturated rings. The molecule has 0 aliphatic heterocycles. The second-order valence-electron chi connectivity index (χ2n) is 4.02. The van der Waals surface area contributed by atoms with Crippen molar-refractivity contribution in [3.63, 3.8) is 0 Å². The molecule has 0 aliphatic rings. The Morgan fingerprint density at radius 1 is 1.39 bits per heavy atom. The van der Waals surface area contributed by atoms with Crippen LogP contribution < -0.4 is 0 Å². The van der Waals surface area contributed by atoms with Crippen molar-refractivity contribution in [2.45, 2.75) is 11.8 Å². The summed E-state index contributed by atoms with van der Waals surface area (Å²) in [5.41, 5.74) is 3.01. The van der Waals surface area contributed by atoms with Gasteiger partial charge in [-0.3, -0.25) is 4.68 Å². The third-order valence-corrected chi connectivity index (χ3v) is 3.53. The number of nitrogens with zero attached hydrogens (tertiary/aromatic N) is 2. The number of aromatic nitrogens is 2. The summed E-state index contributed by atoms with van der Waals surface area (Å²) in [6, 6.07) is 7.72. The average Bonchev–Trinajstić information content (AvgIpc) is 2.71. The summed E-state index contributed by atoms with van der Waals surface area (Å²) in [6.07, 6.45) is 2.03. The molecule has 0 saturated heterocycles. The molecule has 1 N–H and O–H groups in total. The molecular formula is C13H14N2O2S. The SMILES string of the molecule is CSc1ccc(-c2cc(C(=O)O)nn2C)c(C)c1. The normalized spacial score (nSPS) is 10.6. The molecule has 0 amide bonds. The van der Waals surface area contributed by atoms with Gasteiger partial charge in [0.15, 0.2) is 5.69 Å². The summed E-state index contributed by atoms with van der Waals surface area (Å²) in [5, 5.41) is 12.9. The van der Waals surface area contributed by atoms with Crippen molar-refractivity contribution in [3.8, 4) is 11.3 Å². The van der Waals surface area contributed by atoms with Crippen LogP contribution in [0.5, 0.6) is 0 Å². The number of hydrogen-bond acceptors (Lipinski definition) is 3. The van der Waals surface area contributed by atoms with Crippen molar-refractivity contribution in [1.82, 2.24) is 9.78 Å². The second kappa shape index (κ2) is 4.86. The first-order valence-electron chi connectivity index (χ1n) is 5.45. The van der Waals surface area contributed by atoms with Gasteiger partial charge < -0.3 is 5.11 Å². The highest BCUT2D eigenvalue weighted by Gasteiger charge is 2.14. The molecule has 2 aromatic rings. The molecule has 1 aromatic heterocycles. The van der Waals surface area contributed by atoms with Crippen LogP contribution in [0.15, 0.2) is 29.2 Å². The van der Waals surface area contributed by atoms with Crippen LogP contribution >= 0.6 is 11.8 Å². The fourth-order valence-electron chi connectivity index (χ4n) is 1.87. The van der Waals surface area contributed by atoms with E-state index in [1.807, 2.05) is 25.3 Å². The lowest BCUT2D eigenvalue weighted by atomic mass is 10.1. The third-order valence-electron chi connectivity index (χ3n) is 2.81. The first-order valence-corrected chi connectivity index (χ1v) is 6.67. The second-order valence-corrected chi connectivity index (χ2v) is 4.90. The monoisotopic (exact) mass is 262 g/mol. The molecule has 4 nitrogen and oxygen atoms in total. The van der Waals surface area contributed by atoms with Crippen molar-refractivity contribution in [2.75, 3.05) is 6.26 Å². The summed E-state index contributed by atoms with van der Waals surface area (Å²) in [6.45, 7) is 2.02. The number of aryl methyl sites for hydroxylation is 2. The largest absolute Gasteiger partial charge is 0.476 e. The highest BCUT2D eigenvalue weighted by atomic mass is 32.2.